The van der Waals surface area contributed by atoms with Crippen LogP contribution in [0.5, 0.6) is 0 Å². The summed E-state index contributed by atoms with van der Waals surface area (Å²) in [5, 5.41) is 10.6. The fourth-order valence-corrected chi connectivity index (χ4v) is 3.48. The van der Waals surface area contributed by atoms with Gasteiger partial charge in [0.25, 0.3) is 0 Å². The van der Waals surface area contributed by atoms with E-state index < -0.39 is 0 Å². The molecule has 1 aliphatic carbocycles. The Bertz CT molecular complexity index is 482. The van der Waals surface area contributed by atoms with Gasteiger partial charge in [-0.1, -0.05) is 6.42 Å². The van der Waals surface area contributed by atoms with E-state index in [0.29, 0.717) is 12.5 Å². The van der Waals surface area contributed by atoms with Crippen molar-refractivity contribution in [3.8, 4) is 0 Å². The van der Waals surface area contributed by atoms with Gasteiger partial charge in [0.1, 0.15) is 0 Å². The monoisotopic (exact) mass is 262 g/mol. The Morgan fingerprint density at radius 1 is 1.58 bits per heavy atom. The van der Waals surface area contributed by atoms with Crippen molar-refractivity contribution in [2.75, 3.05) is 6.54 Å². The molecule has 104 valence electrons. The van der Waals surface area contributed by atoms with Crippen molar-refractivity contribution in [3.05, 3.63) is 17.5 Å². The van der Waals surface area contributed by atoms with Gasteiger partial charge in [0.2, 0.25) is 5.91 Å². The first kappa shape index (κ1) is 12.7. The molecular formula is C14H22N4O. The third-order valence-electron chi connectivity index (χ3n) is 4.82. The summed E-state index contributed by atoms with van der Waals surface area (Å²) in [6.45, 7) is 3.61. The highest BCUT2D eigenvalue weighted by molar-refractivity contribution is 5.82. The zero-order valence-corrected chi connectivity index (χ0v) is 11.6. The first-order valence-electron chi connectivity index (χ1n) is 7.15. The van der Waals surface area contributed by atoms with Crippen molar-refractivity contribution in [2.45, 2.75) is 38.8 Å². The maximum absolute atomic E-state index is 12.3. The highest BCUT2D eigenvalue weighted by Gasteiger charge is 2.42. The lowest BCUT2D eigenvalue weighted by Crippen LogP contribution is -2.43. The summed E-state index contributed by atoms with van der Waals surface area (Å²) in [4.78, 5) is 12.3. The molecule has 1 saturated heterocycles. The summed E-state index contributed by atoms with van der Waals surface area (Å²) >= 11 is 0. The number of rotatable bonds is 3. The largest absolute Gasteiger partial charge is 0.351 e. The summed E-state index contributed by atoms with van der Waals surface area (Å²) < 4.78 is 1.84. The SMILES string of the molecule is Cc1c(CNC(=O)C2NCC3CCCC32)cnn1C. The fraction of sp³-hybridized carbons (Fsp3) is 0.714. The number of fused-ring (bicyclic) bond motifs is 1. The molecule has 0 radical (unpaired) electrons. The quantitative estimate of drug-likeness (QED) is 0.844. The molecule has 1 saturated carbocycles. The number of carbonyl (C=O) groups is 1. The Labute approximate surface area is 113 Å². The number of aromatic nitrogens is 2. The molecule has 3 rings (SSSR count). The molecule has 1 aliphatic heterocycles. The van der Waals surface area contributed by atoms with E-state index in [2.05, 4.69) is 15.7 Å². The van der Waals surface area contributed by atoms with Crippen molar-refractivity contribution >= 4 is 5.91 Å². The zero-order valence-electron chi connectivity index (χ0n) is 11.6. The van der Waals surface area contributed by atoms with Crippen LogP contribution in [0.4, 0.5) is 0 Å². The Morgan fingerprint density at radius 3 is 3.16 bits per heavy atom. The zero-order chi connectivity index (χ0) is 13.4. The summed E-state index contributed by atoms with van der Waals surface area (Å²) in [6, 6.07) is 0.0180. The summed E-state index contributed by atoms with van der Waals surface area (Å²) in [7, 11) is 1.92. The first-order valence-corrected chi connectivity index (χ1v) is 7.15. The van der Waals surface area contributed by atoms with Crippen LogP contribution in [0.1, 0.15) is 30.5 Å². The Balaban J connectivity index is 1.58. The van der Waals surface area contributed by atoms with Crippen LogP contribution in [-0.4, -0.2) is 28.3 Å². The molecule has 2 heterocycles. The van der Waals surface area contributed by atoms with E-state index in [4.69, 9.17) is 0 Å². The summed E-state index contributed by atoms with van der Waals surface area (Å²) in [6.07, 6.45) is 5.59. The average molecular weight is 262 g/mol. The second-order valence-corrected chi connectivity index (χ2v) is 5.84. The third-order valence-corrected chi connectivity index (χ3v) is 4.82. The van der Waals surface area contributed by atoms with Gasteiger partial charge < -0.3 is 10.6 Å². The number of hydrogen-bond acceptors (Lipinski definition) is 3. The van der Waals surface area contributed by atoms with E-state index in [1.54, 1.807) is 0 Å². The minimum absolute atomic E-state index is 0.0180. The Morgan fingerprint density at radius 2 is 2.42 bits per heavy atom. The van der Waals surface area contributed by atoms with Crippen LogP contribution in [0.3, 0.4) is 0 Å². The maximum Gasteiger partial charge on any atom is 0.237 e. The van der Waals surface area contributed by atoms with Crippen LogP contribution in [0.2, 0.25) is 0 Å². The van der Waals surface area contributed by atoms with Gasteiger partial charge in [-0.3, -0.25) is 9.48 Å². The van der Waals surface area contributed by atoms with Crippen LogP contribution < -0.4 is 10.6 Å². The third kappa shape index (κ3) is 2.27. The van der Waals surface area contributed by atoms with Gasteiger partial charge in [0.05, 0.1) is 12.2 Å². The molecule has 5 heteroatoms. The van der Waals surface area contributed by atoms with E-state index in [9.17, 15) is 4.79 Å². The highest BCUT2D eigenvalue weighted by Crippen LogP contribution is 2.37. The van der Waals surface area contributed by atoms with E-state index in [0.717, 1.165) is 23.7 Å². The van der Waals surface area contributed by atoms with Gasteiger partial charge in [0.15, 0.2) is 0 Å². The van der Waals surface area contributed by atoms with E-state index in [1.165, 1.54) is 19.3 Å². The molecule has 1 amide bonds. The lowest BCUT2D eigenvalue weighted by molar-refractivity contribution is -0.123. The number of aryl methyl sites for hydroxylation is 1. The molecule has 1 aromatic heterocycles. The number of carbonyl (C=O) groups excluding carboxylic acids is 1. The first-order chi connectivity index (χ1) is 9.16. The normalized spacial score (nSPS) is 29.5. The molecular weight excluding hydrogens is 240 g/mol. The summed E-state index contributed by atoms with van der Waals surface area (Å²) in [5.74, 6) is 1.42. The number of hydrogen-bond donors (Lipinski definition) is 2. The second-order valence-electron chi connectivity index (χ2n) is 5.84. The topological polar surface area (TPSA) is 59.0 Å². The van der Waals surface area contributed by atoms with Gasteiger partial charge in [0, 0.05) is 24.8 Å². The molecule has 3 unspecified atom stereocenters. The maximum atomic E-state index is 12.3. The molecule has 2 aliphatic rings. The van der Waals surface area contributed by atoms with Gasteiger partial charge in [-0.05, 0) is 38.1 Å². The highest BCUT2D eigenvalue weighted by atomic mass is 16.2. The van der Waals surface area contributed by atoms with Gasteiger partial charge >= 0.3 is 0 Å². The lowest BCUT2D eigenvalue weighted by atomic mass is 9.93. The van der Waals surface area contributed by atoms with Gasteiger partial charge in [-0.15, -0.1) is 0 Å². The Hall–Kier alpha value is -1.36. The second kappa shape index (κ2) is 4.96. The van der Waals surface area contributed by atoms with E-state index >= 15 is 0 Å². The average Bonchev–Trinajstić information content (AvgIpc) is 3.05. The lowest BCUT2D eigenvalue weighted by Gasteiger charge is -2.17. The van der Waals surface area contributed by atoms with Gasteiger partial charge in [-0.2, -0.15) is 5.10 Å². The van der Waals surface area contributed by atoms with Crippen molar-refractivity contribution < 1.29 is 4.79 Å². The predicted octanol–water partition coefficient (Wildman–Crippen LogP) is 0.733. The number of amides is 1. The van der Waals surface area contributed by atoms with Crippen molar-refractivity contribution in [1.82, 2.24) is 20.4 Å². The minimum Gasteiger partial charge on any atom is -0.351 e. The van der Waals surface area contributed by atoms with Crippen molar-refractivity contribution in [2.24, 2.45) is 18.9 Å². The van der Waals surface area contributed by atoms with Crippen molar-refractivity contribution in [1.29, 1.82) is 0 Å². The molecule has 5 nitrogen and oxygen atoms in total. The molecule has 2 N–H and O–H groups in total. The van der Waals surface area contributed by atoms with E-state index in [-0.39, 0.29) is 11.9 Å². The van der Waals surface area contributed by atoms with Crippen molar-refractivity contribution in [3.63, 3.8) is 0 Å². The van der Waals surface area contributed by atoms with E-state index in [1.807, 2.05) is 24.9 Å². The molecule has 0 spiro atoms. The van der Waals surface area contributed by atoms with Crippen LogP contribution in [0.25, 0.3) is 0 Å². The Kier molecular flexibility index (Phi) is 3.31. The van der Waals surface area contributed by atoms with Gasteiger partial charge in [-0.25, -0.2) is 0 Å². The smallest absolute Gasteiger partial charge is 0.237 e. The molecule has 0 aromatic carbocycles. The standard InChI is InChI=1S/C14H22N4O/c1-9-11(8-17-18(9)2)7-16-14(19)13-12-5-3-4-10(12)6-15-13/h8,10,12-13,15H,3-7H2,1-2H3,(H,16,19). The molecule has 1 aromatic rings. The number of nitrogens with zero attached hydrogens (tertiary/aromatic N) is 2. The van der Waals surface area contributed by atoms with Crippen LogP contribution in [-0.2, 0) is 18.4 Å². The molecule has 3 atom stereocenters. The fourth-order valence-electron chi connectivity index (χ4n) is 3.48. The number of nitrogens with one attached hydrogen (secondary N) is 2. The molecule has 2 fully saturated rings. The summed E-state index contributed by atoms with van der Waals surface area (Å²) in [5.41, 5.74) is 2.20. The van der Waals surface area contributed by atoms with Crippen LogP contribution >= 0.6 is 0 Å². The molecule has 0 bridgehead atoms. The van der Waals surface area contributed by atoms with Crippen LogP contribution in [0.15, 0.2) is 6.20 Å². The minimum atomic E-state index is 0.0180. The predicted molar refractivity (Wildman–Crippen MR) is 72.4 cm³/mol. The molecule has 19 heavy (non-hydrogen) atoms. The van der Waals surface area contributed by atoms with Crippen LogP contribution in [0, 0.1) is 18.8 Å².